The first-order chi connectivity index (χ1) is 18.8. The molecule has 0 atom stereocenters. The van der Waals surface area contributed by atoms with Crippen LogP contribution in [0.4, 0.5) is 10.5 Å². The van der Waals surface area contributed by atoms with Crippen LogP contribution >= 0.6 is 23.2 Å². The molecule has 5 rings (SSSR count). The Labute approximate surface area is 237 Å². The number of urea groups is 1. The van der Waals surface area contributed by atoms with Gasteiger partial charge in [0, 0.05) is 36.9 Å². The van der Waals surface area contributed by atoms with E-state index in [0.717, 1.165) is 34.5 Å². The number of benzene rings is 3. The molecule has 204 valence electrons. The first-order valence-corrected chi connectivity index (χ1v) is 13.7. The van der Waals surface area contributed by atoms with Gasteiger partial charge in [-0.05, 0) is 68.9 Å². The van der Waals surface area contributed by atoms with Gasteiger partial charge in [-0.15, -0.1) is 0 Å². The van der Waals surface area contributed by atoms with E-state index in [9.17, 15) is 9.59 Å². The minimum Gasteiger partial charge on any atom is -0.492 e. The zero-order chi connectivity index (χ0) is 27.5. The number of para-hydroxylation sites is 1. The zero-order valence-corrected chi connectivity index (χ0v) is 23.4. The molecule has 2 heterocycles. The smallest absolute Gasteiger partial charge is 0.326 e. The Morgan fingerprint density at radius 2 is 1.82 bits per heavy atom. The molecule has 39 heavy (non-hydrogen) atoms. The van der Waals surface area contributed by atoms with Gasteiger partial charge in [-0.2, -0.15) is 0 Å². The molecule has 1 saturated heterocycles. The third-order valence-electron chi connectivity index (χ3n) is 6.99. The van der Waals surface area contributed by atoms with Crippen molar-refractivity contribution in [2.45, 2.75) is 18.9 Å². The molecule has 10 heteroatoms. The maximum absolute atomic E-state index is 13.2. The monoisotopic (exact) mass is 567 g/mol. The Morgan fingerprint density at radius 3 is 2.56 bits per heavy atom. The molecule has 1 aliphatic rings. The van der Waals surface area contributed by atoms with Gasteiger partial charge in [-0.1, -0.05) is 47.5 Å². The van der Waals surface area contributed by atoms with Crippen LogP contribution in [0, 0.1) is 0 Å². The largest absolute Gasteiger partial charge is 0.492 e. The summed E-state index contributed by atoms with van der Waals surface area (Å²) in [4.78, 5) is 32.9. The summed E-state index contributed by atoms with van der Waals surface area (Å²) in [6.07, 6.45) is 1.34. The summed E-state index contributed by atoms with van der Waals surface area (Å²) in [6.45, 7) is 2.48. The highest BCUT2D eigenvalue weighted by Gasteiger charge is 2.27. The number of ether oxygens (including phenoxy) is 1. The lowest BCUT2D eigenvalue weighted by Gasteiger charge is -2.32. The fourth-order valence-corrected chi connectivity index (χ4v) is 5.25. The van der Waals surface area contributed by atoms with E-state index in [-0.39, 0.29) is 17.8 Å². The topological polar surface area (TPSA) is 82.6 Å². The minimum atomic E-state index is -0.201. The summed E-state index contributed by atoms with van der Waals surface area (Å²) in [5, 5.41) is 3.69. The standard InChI is InChI=1S/C29H31Cl2N5O3/c1-34(2)15-16-39-22-6-3-5-19(17-22)23-7-4-8-26-27(23)33-29(38)36(26)21-11-13-35(14-12-21)28(37)32-20-9-10-24(30)25(31)18-20/h3-10,17-18,21H,11-16H2,1-2H3,(H,32,37)(H,33,38). The van der Waals surface area contributed by atoms with E-state index in [4.69, 9.17) is 27.9 Å². The molecule has 2 N–H and O–H groups in total. The van der Waals surface area contributed by atoms with Gasteiger partial charge in [0.05, 0.1) is 21.1 Å². The number of aromatic nitrogens is 2. The summed E-state index contributed by atoms with van der Waals surface area (Å²) in [5.41, 5.74) is 4.02. The second-order valence-electron chi connectivity index (χ2n) is 9.96. The zero-order valence-electron chi connectivity index (χ0n) is 21.9. The highest BCUT2D eigenvalue weighted by atomic mass is 35.5. The summed E-state index contributed by atoms with van der Waals surface area (Å²) in [6, 6.07) is 18.7. The average Bonchev–Trinajstić information content (AvgIpc) is 3.26. The Balaban J connectivity index is 1.31. The first-order valence-electron chi connectivity index (χ1n) is 12.9. The van der Waals surface area contributed by atoms with Crippen LogP contribution in [0.15, 0.2) is 65.5 Å². The molecule has 3 aromatic carbocycles. The number of carbonyl (C=O) groups excluding carboxylic acids is 1. The maximum Gasteiger partial charge on any atom is 0.326 e. The molecule has 4 aromatic rings. The van der Waals surface area contributed by atoms with Crippen molar-refractivity contribution in [3.63, 3.8) is 0 Å². The molecule has 1 aliphatic heterocycles. The number of nitrogens with one attached hydrogen (secondary N) is 2. The molecule has 0 radical (unpaired) electrons. The third kappa shape index (κ3) is 6.08. The van der Waals surface area contributed by atoms with Crippen LogP contribution in [0.2, 0.25) is 10.0 Å². The van der Waals surface area contributed by atoms with Crippen molar-refractivity contribution < 1.29 is 9.53 Å². The van der Waals surface area contributed by atoms with Crippen molar-refractivity contribution in [2.75, 3.05) is 45.7 Å². The molecule has 8 nitrogen and oxygen atoms in total. The second-order valence-corrected chi connectivity index (χ2v) is 10.8. The fourth-order valence-electron chi connectivity index (χ4n) is 4.95. The van der Waals surface area contributed by atoms with Crippen molar-refractivity contribution in [1.82, 2.24) is 19.4 Å². The molecule has 1 aromatic heterocycles. The van der Waals surface area contributed by atoms with Crippen LogP contribution in [-0.4, -0.2) is 65.7 Å². The van der Waals surface area contributed by atoms with E-state index >= 15 is 0 Å². The van der Waals surface area contributed by atoms with Crippen molar-refractivity contribution >= 4 is 46.0 Å². The molecule has 0 spiro atoms. The molecule has 0 saturated carbocycles. The van der Waals surface area contributed by atoms with Crippen molar-refractivity contribution in [3.8, 4) is 16.9 Å². The number of hydrogen-bond acceptors (Lipinski definition) is 4. The van der Waals surface area contributed by atoms with Gasteiger partial charge >= 0.3 is 11.7 Å². The van der Waals surface area contributed by atoms with E-state index in [1.807, 2.05) is 61.1 Å². The first kappa shape index (κ1) is 27.1. The van der Waals surface area contributed by atoms with Crippen LogP contribution in [0.3, 0.4) is 0 Å². The van der Waals surface area contributed by atoms with Gasteiger partial charge in [-0.25, -0.2) is 9.59 Å². The number of rotatable bonds is 7. The number of nitrogens with zero attached hydrogens (tertiary/aromatic N) is 3. The van der Waals surface area contributed by atoms with Crippen LogP contribution in [-0.2, 0) is 0 Å². The lowest BCUT2D eigenvalue weighted by molar-refractivity contribution is 0.184. The highest BCUT2D eigenvalue weighted by molar-refractivity contribution is 6.42. The summed E-state index contributed by atoms with van der Waals surface area (Å²) in [7, 11) is 4.02. The average molecular weight is 569 g/mol. The van der Waals surface area contributed by atoms with Crippen LogP contribution in [0.5, 0.6) is 5.75 Å². The summed E-state index contributed by atoms with van der Waals surface area (Å²) >= 11 is 12.0. The highest BCUT2D eigenvalue weighted by Crippen LogP contribution is 2.32. The van der Waals surface area contributed by atoms with Crippen LogP contribution in [0.1, 0.15) is 18.9 Å². The number of aromatic amines is 1. The number of carbonyl (C=O) groups is 1. The molecular weight excluding hydrogens is 537 g/mol. The van der Waals surface area contributed by atoms with Gasteiger partial charge in [-0.3, -0.25) is 4.57 Å². The van der Waals surface area contributed by atoms with Gasteiger partial charge in [0.1, 0.15) is 12.4 Å². The number of piperidine rings is 1. The molecule has 0 bridgehead atoms. The van der Waals surface area contributed by atoms with Crippen molar-refractivity contribution in [1.29, 1.82) is 0 Å². The van der Waals surface area contributed by atoms with E-state index in [2.05, 4.69) is 15.2 Å². The number of fused-ring (bicyclic) bond motifs is 1. The number of H-pyrrole nitrogens is 1. The Morgan fingerprint density at radius 1 is 1.05 bits per heavy atom. The number of likely N-dealkylation sites (tertiary alicyclic amines) is 1. The summed E-state index contributed by atoms with van der Waals surface area (Å²) in [5.74, 6) is 0.791. The maximum atomic E-state index is 13.2. The Bertz CT molecular complexity index is 1540. The Kier molecular flexibility index (Phi) is 8.16. The van der Waals surface area contributed by atoms with Crippen LogP contribution < -0.4 is 15.7 Å². The van der Waals surface area contributed by atoms with E-state index < -0.39 is 0 Å². The molecular formula is C29H31Cl2N5O3. The quantitative estimate of drug-likeness (QED) is 0.282. The van der Waals surface area contributed by atoms with Gasteiger partial charge in [0.15, 0.2) is 0 Å². The predicted octanol–water partition coefficient (Wildman–Crippen LogP) is 6.11. The molecule has 2 amide bonds. The normalized spacial score (nSPS) is 14.2. The minimum absolute atomic E-state index is 0.0174. The number of hydrogen-bond donors (Lipinski definition) is 2. The van der Waals surface area contributed by atoms with E-state index in [1.54, 1.807) is 23.1 Å². The van der Waals surface area contributed by atoms with E-state index in [1.165, 1.54) is 0 Å². The number of imidazole rings is 1. The third-order valence-corrected chi connectivity index (χ3v) is 7.73. The van der Waals surface area contributed by atoms with Gasteiger partial charge in [0.25, 0.3) is 0 Å². The lowest BCUT2D eigenvalue weighted by atomic mass is 10.0. The number of amides is 2. The van der Waals surface area contributed by atoms with Crippen molar-refractivity contribution in [2.24, 2.45) is 0 Å². The fraction of sp³-hybridized carbons (Fsp3) is 0.310. The molecule has 0 aliphatic carbocycles. The molecule has 0 unspecified atom stereocenters. The second kappa shape index (κ2) is 11.7. The molecule has 1 fully saturated rings. The van der Waals surface area contributed by atoms with Crippen molar-refractivity contribution in [3.05, 3.63) is 81.2 Å². The lowest BCUT2D eigenvalue weighted by Crippen LogP contribution is -2.42. The van der Waals surface area contributed by atoms with Gasteiger partial charge < -0.3 is 24.8 Å². The summed E-state index contributed by atoms with van der Waals surface area (Å²) < 4.78 is 7.76. The Hall–Kier alpha value is -3.46. The van der Waals surface area contributed by atoms with E-state index in [0.29, 0.717) is 48.3 Å². The SMILES string of the molecule is CN(C)CCOc1cccc(-c2cccc3c2[nH]c(=O)n3C2CCN(C(=O)Nc3ccc(Cl)c(Cl)c3)CC2)c1. The number of halogens is 2. The predicted molar refractivity (Wildman–Crippen MR) is 157 cm³/mol. The number of likely N-dealkylation sites (N-methyl/N-ethyl adjacent to an activating group) is 1. The number of anilines is 1. The van der Waals surface area contributed by atoms with Gasteiger partial charge in [0.2, 0.25) is 0 Å². The van der Waals surface area contributed by atoms with Crippen LogP contribution in [0.25, 0.3) is 22.2 Å².